The van der Waals surface area contributed by atoms with Crippen molar-refractivity contribution in [2.45, 2.75) is 161 Å². The zero-order valence-electron chi connectivity index (χ0n) is 28.1. The zero-order chi connectivity index (χ0) is 32.6. The predicted octanol–water partition coefficient (Wildman–Crippen LogP) is 8.82. The molecule has 258 valence electrons. The summed E-state index contributed by atoms with van der Waals surface area (Å²) in [4.78, 5) is 22.5. The molecule has 0 bridgehead atoms. The molecule has 0 aliphatic rings. The molecule has 0 aromatic carbocycles. The number of aliphatic hydroxyl groups is 1. The number of nitrogens with one attached hydrogen (secondary N) is 1. The molecule has 0 heterocycles. The van der Waals surface area contributed by atoms with Gasteiger partial charge in [-0.05, 0) is 57.8 Å². The molecule has 5 N–H and O–H groups in total. The van der Waals surface area contributed by atoms with Crippen LogP contribution in [0.25, 0.3) is 0 Å². The lowest BCUT2D eigenvalue weighted by Gasteiger charge is -2.23. The van der Waals surface area contributed by atoms with Gasteiger partial charge in [-0.1, -0.05) is 121 Å². The lowest BCUT2D eigenvalue weighted by Crippen LogP contribution is -2.45. The molecule has 44 heavy (non-hydrogen) atoms. The van der Waals surface area contributed by atoms with E-state index >= 15 is 0 Å². The van der Waals surface area contributed by atoms with Crippen LogP contribution in [0.5, 0.6) is 0 Å². The number of carbonyl (C=O) groups is 1. The molecule has 0 aliphatic heterocycles. The third kappa shape index (κ3) is 29.4. The second-order valence-corrected chi connectivity index (χ2v) is 13.2. The Bertz CT molecular complexity index is 789. The number of hydrogen-bond donors (Lipinski definition) is 4. The molecule has 0 radical (unpaired) electrons. The van der Waals surface area contributed by atoms with Crippen molar-refractivity contribution < 1.29 is 28.4 Å². The van der Waals surface area contributed by atoms with Crippen molar-refractivity contribution in [1.29, 1.82) is 0 Å². The Hall–Kier alpha value is -1.28. The first kappa shape index (κ1) is 42.7. The van der Waals surface area contributed by atoms with Crippen LogP contribution >= 0.6 is 7.82 Å². The van der Waals surface area contributed by atoms with E-state index in [0.29, 0.717) is 6.42 Å². The highest BCUT2D eigenvalue weighted by atomic mass is 31.2. The number of hydrogen-bond acceptors (Lipinski definition) is 6. The first-order valence-electron chi connectivity index (χ1n) is 17.6. The van der Waals surface area contributed by atoms with E-state index in [-0.39, 0.29) is 25.7 Å². The fourth-order valence-electron chi connectivity index (χ4n) is 4.73. The summed E-state index contributed by atoms with van der Waals surface area (Å²) in [6, 6.07) is -0.877. The Morgan fingerprint density at radius 2 is 1.20 bits per heavy atom. The molecule has 8 nitrogen and oxygen atoms in total. The number of carbonyl (C=O) groups excluding carboxylic acids is 1. The van der Waals surface area contributed by atoms with E-state index in [1.807, 2.05) is 6.08 Å². The van der Waals surface area contributed by atoms with E-state index in [1.54, 1.807) is 6.08 Å². The number of unbranched alkanes of at least 4 members (excludes halogenated alkanes) is 16. The molecule has 3 atom stereocenters. The van der Waals surface area contributed by atoms with Crippen LogP contribution in [-0.2, 0) is 18.4 Å². The van der Waals surface area contributed by atoms with Crippen LogP contribution in [-0.4, -0.2) is 47.8 Å². The van der Waals surface area contributed by atoms with Crippen LogP contribution in [0, 0.1) is 0 Å². The maximum atomic E-state index is 12.6. The molecule has 0 saturated carbocycles. The van der Waals surface area contributed by atoms with Gasteiger partial charge in [-0.2, -0.15) is 0 Å². The van der Waals surface area contributed by atoms with Crippen molar-refractivity contribution in [2.24, 2.45) is 5.73 Å². The number of rotatable bonds is 32. The number of aliphatic hydroxyl groups excluding tert-OH is 1. The molecule has 9 heteroatoms. The first-order valence-corrected chi connectivity index (χ1v) is 19.1. The topological polar surface area (TPSA) is 131 Å². The highest BCUT2D eigenvalue weighted by Crippen LogP contribution is 2.43. The average Bonchev–Trinajstić information content (AvgIpc) is 3.01. The summed E-state index contributed by atoms with van der Waals surface area (Å²) < 4.78 is 21.9. The Balaban J connectivity index is 4.45. The minimum Gasteiger partial charge on any atom is -0.387 e. The van der Waals surface area contributed by atoms with Gasteiger partial charge in [0.2, 0.25) is 5.91 Å². The van der Waals surface area contributed by atoms with Crippen LogP contribution < -0.4 is 11.1 Å². The minimum atomic E-state index is -4.34. The van der Waals surface area contributed by atoms with Crippen molar-refractivity contribution in [3.05, 3.63) is 36.5 Å². The molecular weight excluding hydrogens is 575 g/mol. The summed E-state index contributed by atoms with van der Waals surface area (Å²) in [6.45, 7) is 4.04. The molecule has 3 unspecified atom stereocenters. The van der Waals surface area contributed by atoms with Crippen molar-refractivity contribution in [3.8, 4) is 0 Å². The standard InChI is InChI=1S/C35H67N2O6P/c1-3-5-7-9-11-13-15-17-19-21-23-25-27-29-35(39)37-33(32-43-44(40,41)42-31-30-36)34(38)28-26-24-22-20-18-16-14-12-10-8-6-4-2/h13,15,18,20,26,28,33-34,38H,3-12,14,16-17,19,21-25,27,29-32,36H2,1-2H3,(H,37,39)(H,40,41)/b15-13-,20-18+,28-26+. The van der Waals surface area contributed by atoms with E-state index in [9.17, 15) is 19.4 Å². The highest BCUT2D eigenvalue weighted by Gasteiger charge is 2.26. The maximum Gasteiger partial charge on any atom is 0.472 e. The molecule has 0 aromatic heterocycles. The summed E-state index contributed by atoms with van der Waals surface area (Å²) >= 11 is 0. The Labute approximate surface area is 269 Å². The molecule has 0 spiro atoms. The van der Waals surface area contributed by atoms with Crippen molar-refractivity contribution in [2.75, 3.05) is 19.8 Å². The maximum absolute atomic E-state index is 12.6. The molecule has 1 amide bonds. The third-order valence-corrected chi connectivity index (χ3v) is 8.42. The van der Waals surface area contributed by atoms with E-state index in [0.717, 1.165) is 57.8 Å². The van der Waals surface area contributed by atoms with Gasteiger partial charge in [0.15, 0.2) is 0 Å². The Morgan fingerprint density at radius 1 is 0.727 bits per heavy atom. The third-order valence-electron chi connectivity index (χ3n) is 7.44. The van der Waals surface area contributed by atoms with Crippen molar-refractivity contribution >= 4 is 13.7 Å². The van der Waals surface area contributed by atoms with Crippen molar-refractivity contribution in [3.63, 3.8) is 0 Å². The number of amides is 1. The zero-order valence-corrected chi connectivity index (χ0v) is 29.0. The quantitative estimate of drug-likeness (QED) is 0.0328. The second-order valence-electron chi connectivity index (χ2n) is 11.7. The van der Waals surface area contributed by atoms with Gasteiger partial charge in [0.1, 0.15) is 0 Å². The molecule has 0 aliphatic carbocycles. The van der Waals surface area contributed by atoms with Gasteiger partial charge >= 0.3 is 7.82 Å². The molecule has 0 fully saturated rings. The van der Waals surface area contributed by atoms with Gasteiger partial charge < -0.3 is 21.1 Å². The largest absolute Gasteiger partial charge is 0.472 e. The van der Waals surface area contributed by atoms with Gasteiger partial charge in [0.05, 0.1) is 25.4 Å². The fraction of sp³-hybridized carbons (Fsp3) is 0.800. The van der Waals surface area contributed by atoms with Gasteiger partial charge in [0.25, 0.3) is 0 Å². The lowest BCUT2D eigenvalue weighted by molar-refractivity contribution is -0.123. The summed E-state index contributed by atoms with van der Waals surface area (Å²) in [5, 5.41) is 13.5. The molecule has 0 rings (SSSR count). The molecule has 0 saturated heterocycles. The van der Waals surface area contributed by atoms with E-state index in [4.69, 9.17) is 14.8 Å². The summed E-state index contributed by atoms with van der Waals surface area (Å²) in [5.41, 5.74) is 5.34. The van der Waals surface area contributed by atoms with Crippen LogP contribution in [0.4, 0.5) is 0 Å². The Kier molecular flexibility index (Phi) is 30.8. The fourth-order valence-corrected chi connectivity index (χ4v) is 5.49. The monoisotopic (exact) mass is 642 g/mol. The van der Waals surface area contributed by atoms with Crippen molar-refractivity contribution in [1.82, 2.24) is 5.32 Å². The smallest absolute Gasteiger partial charge is 0.387 e. The normalized spacial score (nSPS) is 14.9. The van der Waals surface area contributed by atoms with E-state index in [1.165, 1.54) is 70.6 Å². The number of phosphoric ester groups is 1. The number of phosphoric acid groups is 1. The second kappa shape index (κ2) is 31.7. The lowest BCUT2D eigenvalue weighted by atomic mass is 10.1. The van der Waals surface area contributed by atoms with E-state index < -0.39 is 20.0 Å². The van der Waals surface area contributed by atoms with E-state index in [2.05, 4.69) is 43.5 Å². The van der Waals surface area contributed by atoms with Crippen LogP contribution in [0.1, 0.15) is 149 Å². The summed E-state index contributed by atoms with van der Waals surface area (Å²) in [7, 11) is -4.34. The summed E-state index contributed by atoms with van der Waals surface area (Å²) in [5.74, 6) is -0.217. The number of nitrogens with two attached hydrogens (primary N) is 1. The van der Waals surface area contributed by atoms with Gasteiger partial charge in [-0.15, -0.1) is 0 Å². The minimum absolute atomic E-state index is 0.0721. The number of allylic oxidation sites excluding steroid dienone is 5. The Morgan fingerprint density at radius 3 is 1.77 bits per heavy atom. The highest BCUT2D eigenvalue weighted by molar-refractivity contribution is 7.47. The van der Waals surface area contributed by atoms with Gasteiger partial charge in [-0.25, -0.2) is 4.57 Å². The van der Waals surface area contributed by atoms with Crippen LogP contribution in [0.3, 0.4) is 0 Å². The molecular formula is C35H67N2O6P. The SMILES string of the molecule is CCCCCC/C=C\CCCCCCCC(=O)NC(COP(=O)(O)OCCN)C(O)/C=C/CC/C=C/CCCCCCCC. The first-order chi connectivity index (χ1) is 21.4. The summed E-state index contributed by atoms with van der Waals surface area (Å²) in [6.07, 6.45) is 34.7. The van der Waals surface area contributed by atoms with Gasteiger partial charge in [-0.3, -0.25) is 13.8 Å². The van der Waals surface area contributed by atoms with Crippen LogP contribution in [0.15, 0.2) is 36.5 Å². The predicted molar refractivity (Wildman–Crippen MR) is 184 cm³/mol. The van der Waals surface area contributed by atoms with Crippen LogP contribution in [0.2, 0.25) is 0 Å². The van der Waals surface area contributed by atoms with Gasteiger partial charge in [0, 0.05) is 13.0 Å². The molecule has 0 aromatic rings. The average molecular weight is 643 g/mol.